The van der Waals surface area contributed by atoms with Gasteiger partial charge in [-0.1, -0.05) is 23.7 Å². The second-order valence-electron chi connectivity index (χ2n) is 4.63. The topological polar surface area (TPSA) is 12.9 Å². The lowest BCUT2D eigenvalue weighted by Crippen LogP contribution is -2.07. The van der Waals surface area contributed by atoms with E-state index < -0.39 is 0 Å². The Balaban J connectivity index is 2.16. The number of benzene rings is 1. The minimum atomic E-state index is -0.215. The molecule has 1 nitrogen and oxygen atoms in total. The van der Waals surface area contributed by atoms with E-state index in [0.29, 0.717) is 5.15 Å². The number of nitrogens with zero attached hydrogens (tertiary/aromatic N) is 1. The molecule has 0 aliphatic heterocycles. The van der Waals surface area contributed by atoms with Gasteiger partial charge < -0.3 is 0 Å². The van der Waals surface area contributed by atoms with Gasteiger partial charge in [-0.05, 0) is 60.6 Å². The van der Waals surface area contributed by atoms with Crippen molar-refractivity contribution >= 4 is 11.6 Å². The average Bonchev–Trinajstić information content (AvgIpc) is 2.38. The highest BCUT2D eigenvalue weighted by atomic mass is 35.5. The first-order chi connectivity index (χ1) is 8.74. The number of pyridine rings is 1. The minimum Gasteiger partial charge on any atom is -0.241 e. The van der Waals surface area contributed by atoms with Gasteiger partial charge in [-0.3, -0.25) is 0 Å². The van der Waals surface area contributed by atoms with E-state index in [1.165, 1.54) is 30.5 Å². The Bertz CT molecular complexity index is 578. The second-order valence-corrected chi connectivity index (χ2v) is 5.02. The molecule has 1 heterocycles. The van der Waals surface area contributed by atoms with E-state index in [9.17, 15) is 4.39 Å². The molecule has 0 spiro atoms. The molecule has 3 rings (SSSR count). The van der Waals surface area contributed by atoms with E-state index in [4.69, 9.17) is 11.6 Å². The van der Waals surface area contributed by atoms with Crippen LogP contribution in [0.15, 0.2) is 30.3 Å². The molecule has 0 unspecified atom stereocenters. The Morgan fingerprint density at radius 1 is 1.06 bits per heavy atom. The lowest BCUT2D eigenvalue weighted by Gasteiger charge is -2.19. The Morgan fingerprint density at radius 2 is 1.78 bits per heavy atom. The fourth-order valence-corrected chi connectivity index (χ4v) is 2.77. The van der Waals surface area contributed by atoms with Gasteiger partial charge in [0.15, 0.2) is 0 Å². The van der Waals surface area contributed by atoms with Crippen molar-refractivity contribution in [2.24, 2.45) is 0 Å². The molecule has 0 radical (unpaired) electrons. The predicted octanol–water partition coefficient (Wildman–Crippen LogP) is 4.42. The minimum absolute atomic E-state index is 0.215. The standard InChI is InChI=1S/C15H13ClFN/c16-15-9-13(10-5-7-11(17)8-6-10)12-3-1-2-4-14(12)18-15/h5-9H,1-4H2. The quantitative estimate of drug-likeness (QED) is 0.693. The summed E-state index contributed by atoms with van der Waals surface area (Å²) in [7, 11) is 0. The fraction of sp³-hybridized carbons (Fsp3) is 0.267. The van der Waals surface area contributed by atoms with Gasteiger partial charge in [-0.15, -0.1) is 0 Å². The first-order valence-electron chi connectivity index (χ1n) is 6.18. The highest BCUT2D eigenvalue weighted by Gasteiger charge is 2.16. The van der Waals surface area contributed by atoms with E-state index in [1.807, 2.05) is 6.07 Å². The van der Waals surface area contributed by atoms with Crippen molar-refractivity contribution in [2.75, 3.05) is 0 Å². The molecule has 0 amide bonds. The number of hydrogen-bond donors (Lipinski definition) is 0. The number of aryl methyl sites for hydroxylation is 1. The summed E-state index contributed by atoms with van der Waals surface area (Å²) in [5.74, 6) is -0.215. The Labute approximate surface area is 111 Å². The maximum Gasteiger partial charge on any atom is 0.129 e. The van der Waals surface area contributed by atoms with Crippen molar-refractivity contribution in [2.45, 2.75) is 25.7 Å². The molecular formula is C15H13ClFN. The number of aromatic nitrogens is 1. The highest BCUT2D eigenvalue weighted by Crippen LogP contribution is 2.32. The zero-order valence-corrected chi connectivity index (χ0v) is 10.7. The summed E-state index contributed by atoms with van der Waals surface area (Å²) in [4.78, 5) is 4.41. The third kappa shape index (κ3) is 2.13. The summed E-state index contributed by atoms with van der Waals surface area (Å²) in [5, 5.41) is 0.523. The highest BCUT2D eigenvalue weighted by molar-refractivity contribution is 6.29. The molecule has 0 saturated carbocycles. The summed E-state index contributed by atoms with van der Waals surface area (Å²) in [6.45, 7) is 0. The van der Waals surface area contributed by atoms with E-state index in [2.05, 4.69) is 4.98 Å². The summed E-state index contributed by atoms with van der Waals surface area (Å²) >= 11 is 6.08. The van der Waals surface area contributed by atoms with Crippen molar-refractivity contribution < 1.29 is 4.39 Å². The predicted molar refractivity (Wildman–Crippen MR) is 71.3 cm³/mol. The van der Waals surface area contributed by atoms with Gasteiger partial charge in [0.2, 0.25) is 0 Å². The van der Waals surface area contributed by atoms with Gasteiger partial charge in [0.05, 0.1) is 0 Å². The number of halogens is 2. The first-order valence-corrected chi connectivity index (χ1v) is 6.56. The summed E-state index contributed by atoms with van der Waals surface area (Å²) < 4.78 is 13.0. The molecule has 0 N–H and O–H groups in total. The van der Waals surface area contributed by atoms with Crippen molar-refractivity contribution in [1.29, 1.82) is 0 Å². The normalized spacial score (nSPS) is 14.3. The number of rotatable bonds is 1. The van der Waals surface area contributed by atoms with Crippen LogP contribution in [0.2, 0.25) is 5.15 Å². The Kier molecular flexibility index (Phi) is 3.04. The summed E-state index contributed by atoms with van der Waals surface area (Å²) in [5.41, 5.74) is 4.49. The zero-order chi connectivity index (χ0) is 12.5. The molecule has 1 aliphatic carbocycles. The van der Waals surface area contributed by atoms with Crippen molar-refractivity contribution in [3.63, 3.8) is 0 Å². The molecule has 0 bridgehead atoms. The van der Waals surface area contributed by atoms with E-state index in [-0.39, 0.29) is 5.82 Å². The molecule has 1 aromatic carbocycles. The van der Waals surface area contributed by atoms with Gasteiger partial charge in [-0.25, -0.2) is 9.37 Å². The monoisotopic (exact) mass is 261 g/mol. The van der Waals surface area contributed by atoms with Crippen LogP contribution >= 0.6 is 11.6 Å². The summed E-state index contributed by atoms with van der Waals surface area (Å²) in [6.07, 6.45) is 4.38. The van der Waals surface area contributed by atoms with Gasteiger partial charge >= 0.3 is 0 Å². The van der Waals surface area contributed by atoms with Crippen LogP contribution in [0.1, 0.15) is 24.1 Å². The molecule has 92 valence electrons. The van der Waals surface area contributed by atoms with Crippen molar-refractivity contribution in [3.8, 4) is 11.1 Å². The van der Waals surface area contributed by atoms with Crippen LogP contribution in [-0.2, 0) is 12.8 Å². The molecular weight excluding hydrogens is 249 g/mol. The third-order valence-corrected chi connectivity index (χ3v) is 3.62. The van der Waals surface area contributed by atoms with E-state index in [0.717, 1.165) is 29.7 Å². The molecule has 0 atom stereocenters. The molecule has 1 aromatic heterocycles. The van der Waals surface area contributed by atoms with Crippen LogP contribution in [0.3, 0.4) is 0 Å². The summed E-state index contributed by atoms with van der Waals surface area (Å²) in [6, 6.07) is 8.46. The molecule has 0 fully saturated rings. The molecule has 3 heteroatoms. The lowest BCUT2D eigenvalue weighted by molar-refractivity contribution is 0.628. The average molecular weight is 262 g/mol. The number of fused-ring (bicyclic) bond motifs is 1. The maximum absolute atomic E-state index is 13.0. The third-order valence-electron chi connectivity index (χ3n) is 3.42. The van der Waals surface area contributed by atoms with Crippen LogP contribution in [0.5, 0.6) is 0 Å². The van der Waals surface area contributed by atoms with Crippen LogP contribution in [0.25, 0.3) is 11.1 Å². The van der Waals surface area contributed by atoms with Gasteiger partial charge in [0.25, 0.3) is 0 Å². The maximum atomic E-state index is 13.0. The fourth-order valence-electron chi connectivity index (χ4n) is 2.56. The Hall–Kier alpha value is -1.41. The molecule has 1 aliphatic rings. The van der Waals surface area contributed by atoms with Crippen molar-refractivity contribution in [1.82, 2.24) is 4.98 Å². The molecule has 2 aromatic rings. The Morgan fingerprint density at radius 3 is 2.56 bits per heavy atom. The number of hydrogen-bond acceptors (Lipinski definition) is 1. The SMILES string of the molecule is Fc1ccc(-c2cc(Cl)nc3c2CCCC3)cc1. The van der Waals surface area contributed by atoms with E-state index in [1.54, 1.807) is 12.1 Å². The zero-order valence-electron chi connectivity index (χ0n) is 9.92. The van der Waals surface area contributed by atoms with Gasteiger partial charge in [-0.2, -0.15) is 0 Å². The van der Waals surface area contributed by atoms with E-state index >= 15 is 0 Å². The molecule has 18 heavy (non-hydrogen) atoms. The van der Waals surface area contributed by atoms with Crippen LogP contribution in [-0.4, -0.2) is 4.98 Å². The van der Waals surface area contributed by atoms with Crippen LogP contribution < -0.4 is 0 Å². The molecule has 0 saturated heterocycles. The van der Waals surface area contributed by atoms with Gasteiger partial charge in [0, 0.05) is 5.69 Å². The first kappa shape index (κ1) is 11.7. The van der Waals surface area contributed by atoms with Crippen LogP contribution in [0.4, 0.5) is 4.39 Å². The van der Waals surface area contributed by atoms with Gasteiger partial charge in [0.1, 0.15) is 11.0 Å². The lowest BCUT2D eigenvalue weighted by atomic mass is 9.89. The van der Waals surface area contributed by atoms with Crippen LogP contribution in [0, 0.1) is 5.82 Å². The second kappa shape index (κ2) is 4.69. The smallest absolute Gasteiger partial charge is 0.129 e. The largest absolute Gasteiger partial charge is 0.241 e. The van der Waals surface area contributed by atoms with Crippen molar-refractivity contribution in [3.05, 3.63) is 52.6 Å².